The number of benzene rings is 1. The molecule has 1 aromatic carbocycles. The Morgan fingerprint density at radius 3 is 2.68 bits per heavy atom. The highest BCUT2D eigenvalue weighted by Crippen LogP contribution is 2.45. The zero-order valence-electron chi connectivity index (χ0n) is 24.8. The standard InChI is InChI=1S/C30H38F2N6O2Si/c1-8-25(39)27-24(16-38(37-27)17-26(31)32)36-28-34-12-10-23(35-28)19-13-20(15-33)21-9-11-30(5,22(21)14-19)18-40-41(6,7)29(2,3)4/h10,12-14,16,26H,8-9,11,17-18H2,1-7H3,(H,34,35,36). The van der Waals surface area contributed by atoms with Crippen molar-refractivity contribution in [2.45, 2.75) is 90.4 Å². The molecular weight excluding hydrogens is 542 g/mol. The van der Waals surface area contributed by atoms with Gasteiger partial charge >= 0.3 is 0 Å². The highest BCUT2D eigenvalue weighted by Gasteiger charge is 2.42. The average molecular weight is 581 g/mol. The minimum atomic E-state index is -2.61. The molecule has 2 heterocycles. The van der Waals surface area contributed by atoms with E-state index in [0.717, 1.165) is 34.2 Å². The van der Waals surface area contributed by atoms with Gasteiger partial charge in [0.15, 0.2) is 19.8 Å². The van der Waals surface area contributed by atoms with E-state index in [1.807, 2.05) is 6.07 Å². The number of carbonyl (C=O) groups excluding carboxylic acids is 1. The summed E-state index contributed by atoms with van der Waals surface area (Å²) in [6.07, 6.45) is 2.20. The molecule has 0 saturated carbocycles. The van der Waals surface area contributed by atoms with Crippen molar-refractivity contribution in [1.82, 2.24) is 19.7 Å². The van der Waals surface area contributed by atoms with Gasteiger partial charge < -0.3 is 9.74 Å². The normalized spacial score (nSPS) is 17.0. The van der Waals surface area contributed by atoms with Crippen molar-refractivity contribution in [2.75, 3.05) is 11.9 Å². The van der Waals surface area contributed by atoms with E-state index in [1.54, 1.807) is 19.2 Å². The Bertz CT molecular complexity index is 1490. The van der Waals surface area contributed by atoms with Crippen LogP contribution in [0.1, 0.15) is 74.6 Å². The van der Waals surface area contributed by atoms with E-state index in [1.165, 1.54) is 6.20 Å². The number of aromatic nitrogens is 4. The Balaban J connectivity index is 1.67. The van der Waals surface area contributed by atoms with Crippen molar-refractivity contribution in [3.05, 3.63) is 53.0 Å². The van der Waals surface area contributed by atoms with E-state index < -0.39 is 21.3 Å². The van der Waals surface area contributed by atoms with Gasteiger partial charge in [-0.05, 0) is 60.3 Å². The van der Waals surface area contributed by atoms with Crippen molar-refractivity contribution in [3.8, 4) is 17.3 Å². The van der Waals surface area contributed by atoms with Gasteiger partial charge in [-0.1, -0.05) is 34.6 Å². The van der Waals surface area contributed by atoms with E-state index in [9.17, 15) is 18.8 Å². The number of halogens is 2. The summed E-state index contributed by atoms with van der Waals surface area (Å²) in [5, 5.41) is 17.1. The molecule has 8 nitrogen and oxygen atoms in total. The lowest BCUT2D eigenvalue weighted by Crippen LogP contribution is -2.44. The number of nitriles is 1. The predicted octanol–water partition coefficient (Wildman–Crippen LogP) is 7.04. The van der Waals surface area contributed by atoms with Crippen LogP contribution < -0.4 is 5.32 Å². The Labute approximate surface area is 241 Å². The molecule has 1 aliphatic rings. The molecule has 0 saturated heterocycles. The van der Waals surface area contributed by atoms with Gasteiger partial charge in [0.1, 0.15) is 6.54 Å². The number of hydrogen-bond donors (Lipinski definition) is 1. The lowest BCUT2D eigenvalue weighted by molar-refractivity contribution is 0.0977. The quantitative estimate of drug-likeness (QED) is 0.203. The van der Waals surface area contributed by atoms with Gasteiger partial charge in [0.05, 0.1) is 23.0 Å². The van der Waals surface area contributed by atoms with Crippen LogP contribution in [-0.4, -0.2) is 46.9 Å². The number of fused-ring (bicyclic) bond motifs is 1. The number of nitrogens with zero attached hydrogens (tertiary/aromatic N) is 5. The van der Waals surface area contributed by atoms with Gasteiger partial charge in [-0.2, -0.15) is 10.4 Å². The highest BCUT2D eigenvalue weighted by atomic mass is 28.4. The number of alkyl halides is 2. The first-order chi connectivity index (χ1) is 19.2. The Morgan fingerprint density at radius 2 is 2.05 bits per heavy atom. The maximum Gasteiger partial charge on any atom is 0.257 e. The number of ketones is 1. The number of nitrogens with one attached hydrogen (secondary N) is 1. The number of hydrogen-bond acceptors (Lipinski definition) is 7. The third kappa shape index (κ3) is 6.39. The summed E-state index contributed by atoms with van der Waals surface area (Å²) in [6, 6.07) is 8.06. The summed E-state index contributed by atoms with van der Waals surface area (Å²) >= 11 is 0. The fourth-order valence-corrected chi connectivity index (χ4v) is 5.90. The summed E-state index contributed by atoms with van der Waals surface area (Å²) < 4.78 is 33.6. The largest absolute Gasteiger partial charge is 0.416 e. The van der Waals surface area contributed by atoms with Gasteiger partial charge in [0.2, 0.25) is 5.95 Å². The van der Waals surface area contributed by atoms with Crippen LogP contribution in [0.25, 0.3) is 11.3 Å². The SMILES string of the molecule is CCC(=O)c1nn(CC(F)F)cc1Nc1nccc(-c2cc(C#N)c3c(c2)C(C)(CO[Si](C)(C)C(C)(C)C)CC3)n1. The molecule has 0 aliphatic heterocycles. The van der Waals surface area contributed by atoms with Crippen LogP contribution in [0.15, 0.2) is 30.6 Å². The molecule has 1 aliphatic carbocycles. The molecule has 11 heteroatoms. The van der Waals surface area contributed by atoms with Crippen LogP contribution in [0, 0.1) is 11.3 Å². The second kappa shape index (κ2) is 11.4. The predicted molar refractivity (Wildman–Crippen MR) is 157 cm³/mol. The van der Waals surface area contributed by atoms with Crippen LogP contribution in [0.2, 0.25) is 18.1 Å². The maximum absolute atomic E-state index is 13.0. The lowest BCUT2D eigenvalue weighted by atomic mass is 9.83. The van der Waals surface area contributed by atoms with Gasteiger partial charge in [-0.3, -0.25) is 9.48 Å². The molecule has 0 amide bonds. The van der Waals surface area contributed by atoms with Crippen LogP contribution in [0.4, 0.5) is 20.4 Å². The second-order valence-corrected chi connectivity index (χ2v) is 17.3. The fourth-order valence-electron chi connectivity index (χ4n) is 4.79. The van der Waals surface area contributed by atoms with Crippen molar-refractivity contribution in [3.63, 3.8) is 0 Å². The van der Waals surface area contributed by atoms with Crippen molar-refractivity contribution < 1.29 is 18.0 Å². The van der Waals surface area contributed by atoms with Crippen molar-refractivity contribution in [2.24, 2.45) is 0 Å². The zero-order valence-corrected chi connectivity index (χ0v) is 25.8. The molecule has 0 spiro atoms. The zero-order chi connectivity index (χ0) is 30.2. The lowest BCUT2D eigenvalue weighted by Gasteiger charge is -2.39. The minimum absolute atomic E-state index is 0.0592. The molecule has 1 unspecified atom stereocenters. The summed E-state index contributed by atoms with van der Waals surface area (Å²) in [5.74, 6) is -0.0968. The topological polar surface area (TPSA) is 106 Å². The third-order valence-corrected chi connectivity index (χ3v) is 12.9. The fraction of sp³-hybridized carbons (Fsp3) is 0.500. The average Bonchev–Trinajstić information content (AvgIpc) is 3.46. The van der Waals surface area contributed by atoms with E-state index in [0.29, 0.717) is 17.9 Å². The first-order valence-electron chi connectivity index (χ1n) is 13.9. The summed E-state index contributed by atoms with van der Waals surface area (Å²) in [4.78, 5) is 21.4. The van der Waals surface area contributed by atoms with Gasteiger partial charge in [0.25, 0.3) is 6.43 Å². The molecule has 4 rings (SSSR count). The maximum atomic E-state index is 13.0. The van der Waals surface area contributed by atoms with Gasteiger partial charge in [-0.15, -0.1) is 0 Å². The monoisotopic (exact) mass is 580 g/mol. The van der Waals surface area contributed by atoms with Crippen molar-refractivity contribution >= 4 is 25.7 Å². The summed E-state index contributed by atoms with van der Waals surface area (Å²) in [5.41, 5.74) is 4.21. The Hall–Kier alpha value is -3.49. The number of rotatable bonds is 10. The molecule has 2 aromatic heterocycles. The molecule has 0 fully saturated rings. The van der Waals surface area contributed by atoms with E-state index in [2.05, 4.69) is 73.3 Å². The van der Waals surface area contributed by atoms with Gasteiger partial charge in [0, 0.05) is 36.4 Å². The molecule has 1 N–H and O–H groups in total. The Morgan fingerprint density at radius 1 is 1.32 bits per heavy atom. The highest BCUT2D eigenvalue weighted by molar-refractivity contribution is 6.74. The van der Waals surface area contributed by atoms with E-state index in [-0.39, 0.29) is 40.0 Å². The molecule has 3 aromatic rings. The van der Waals surface area contributed by atoms with E-state index in [4.69, 9.17) is 4.43 Å². The second-order valence-electron chi connectivity index (χ2n) is 12.4. The summed E-state index contributed by atoms with van der Waals surface area (Å²) in [6.45, 7) is 15.0. The molecule has 0 radical (unpaired) electrons. The third-order valence-electron chi connectivity index (χ3n) is 8.37. The van der Waals surface area contributed by atoms with Crippen molar-refractivity contribution in [1.29, 1.82) is 5.26 Å². The molecular formula is C30H38F2N6O2Si. The van der Waals surface area contributed by atoms with Crippen LogP contribution in [0.3, 0.4) is 0 Å². The molecule has 41 heavy (non-hydrogen) atoms. The van der Waals surface area contributed by atoms with E-state index >= 15 is 0 Å². The first-order valence-corrected chi connectivity index (χ1v) is 16.8. The van der Waals surface area contributed by atoms with Crippen LogP contribution in [-0.2, 0) is 22.8 Å². The van der Waals surface area contributed by atoms with Gasteiger partial charge in [-0.25, -0.2) is 18.7 Å². The summed E-state index contributed by atoms with van der Waals surface area (Å²) in [7, 11) is -1.97. The Kier molecular flexibility index (Phi) is 8.48. The number of anilines is 2. The first kappa shape index (κ1) is 30.5. The molecule has 218 valence electrons. The van der Waals surface area contributed by atoms with Crippen LogP contribution in [0.5, 0.6) is 0 Å². The number of carbonyl (C=O) groups is 1. The molecule has 1 atom stereocenters. The van der Waals surface area contributed by atoms with Crippen LogP contribution >= 0.6 is 0 Å². The molecule has 0 bridgehead atoms. The number of Topliss-reactive ketones (excluding diaryl/α,β-unsaturated/α-hetero) is 1. The minimum Gasteiger partial charge on any atom is -0.416 e. The smallest absolute Gasteiger partial charge is 0.257 e.